The molecule has 1 unspecified atom stereocenters. The lowest BCUT2D eigenvalue weighted by Gasteiger charge is -2.22. The lowest BCUT2D eigenvalue weighted by Crippen LogP contribution is -2.42. The summed E-state index contributed by atoms with van der Waals surface area (Å²) in [7, 11) is 0. The number of hydrogen-bond donors (Lipinski definition) is 2. The smallest absolute Gasteiger partial charge is 0.249 e. The van der Waals surface area contributed by atoms with Gasteiger partial charge in [0.1, 0.15) is 18.4 Å². The van der Waals surface area contributed by atoms with Crippen LogP contribution in [0.1, 0.15) is 32.0 Å². The summed E-state index contributed by atoms with van der Waals surface area (Å²) in [5, 5.41) is 13.2. The predicted octanol–water partition coefficient (Wildman–Crippen LogP) is 2.26. The van der Waals surface area contributed by atoms with Gasteiger partial charge in [-0.3, -0.25) is 0 Å². The van der Waals surface area contributed by atoms with Crippen LogP contribution in [-0.2, 0) is 6.42 Å². The zero-order valence-corrected chi connectivity index (χ0v) is 14.1. The molecule has 0 aliphatic heterocycles. The molecule has 0 spiro atoms. The van der Waals surface area contributed by atoms with E-state index in [1.54, 1.807) is 0 Å². The van der Waals surface area contributed by atoms with E-state index in [1.165, 1.54) is 0 Å². The van der Waals surface area contributed by atoms with Crippen molar-refractivity contribution in [2.24, 2.45) is 0 Å². The zero-order chi connectivity index (χ0) is 16.0. The fourth-order valence-corrected chi connectivity index (χ4v) is 2.38. The van der Waals surface area contributed by atoms with Crippen molar-refractivity contribution in [3.05, 3.63) is 41.6 Å². The Balaban J connectivity index is 1.85. The first kappa shape index (κ1) is 16.9. The van der Waals surface area contributed by atoms with Crippen LogP contribution in [0.5, 0.6) is 5.88 Å². The molecule has 0 bridgehead atoms. The van der Waals surface area contributed by atoms with Crippen molar-refractivity contribution in [2.45, 2.75) is 38.8 Å². The molecule has 2 rings (SSSR count). The molecule has 22 heavy (non-hydrogen) atoms. The van der Waals surface area contributed by atoms with E-state index < -0.39 is 6.10 Å². The monoisotopic (exact) mass is 321 g/mol. The Labute approximate surface area is 135 Å². The zero-order valence-electron chi connectivity index (χ0n) is 13.2. The molecule has 0 aliphatic rings. The van der Waals surface area contributed by atoms with Gasteiger partial charge in [-0.2, -0.15) is 4.37 Å². The molecule has 0 fully saturated rings. The Morgan fingerprint density at radius 3 is 2.64 bits per heavy atom. The second-order valence-electron chi connectivity index (χ2n) is 6.27. The van der Waals surface area contributed by atoms with E-state index in [2.05, 4.69) is 34.8 Å². The Morgan fingerprint density at radius 1 is 1.23 bits per heavy atom. The van der Waals surface area contributed by atoms with Gasteiger partial charge in [0.15, 0.2) is 0 Å². The highest BCUT2D eigenvalue weighted by Gasteiger charge is 2.15. The van der Waals surface area contributed by atoms with Crippen LogP contribution in [0, 0.1) is 0 Å². The highest BCUT2D eigenvalue weighted by atomic mass is 32.1. The molecule has 0 aliphatic carbocycles. The van der Waals surface area contributed by atoms with Crippen LogP contribution in [0.4, 0.5) is 0 Å². The molecule has 0 saturated carbocycles. The van der Waals surface area contributed by atoms with Crippen molar-refractivity contribution in [1.82, 2.24) is 14.1 Å². The maximum Gasteiger partial charge on any atom is 0.249 e. The molecule has 5 nitrogen and oxygen atoms in total. The van der Waals surface area contributed by atoms with E-state index in [0.717, 1.165) is 23.0 Å². The highest BCUT2D eigenvalue weighted by molar-refractivity contribution is 6.99. The van der Waals surface area contributed by atoms with Crippen molar-refractivity contribution >= 4 is 11.7 Å². The van der Waals surface area contributed by atoms with E-state index >= 15 is 0 Å². The Morgan fingerprint density at radius 2 is 1.95 bits per heavy atom. The molecular formula is C16H23N3O2S. The third-order valence-corrected chi connectivity index (χ3v) is 3.57. The van der Waals surface area contributed by atoms with Crippen molar-refractivity contribution in [3.63, 3.8) is 0 Å². The van der Waals surface area contributed by atoms with Crippen molar-refractivity contribution in [3.8, 4) is 5.88 Å². The molecule has 0 amide bonds. The molecule has 1 aromatic carbocycles. The lowest BCUT2D eigenvalue weighted by atomic mass is 10.1. The number of rotatable bonds is 7. The molecule has 1 atom stereocenters. The van der Waals surface area contributed by atoms with Crippen LogP contribution >= 0.6 is 11.7 Å². The Bertz CT molecular complexity index is 566. The third kappa shape index (κ3) is 5.71. The first-order chi connectivity index (χ1) is 10.4. The van der Waals surface area contributed by atoms with Crippen molar-refractivity contribution in [2.75, 3.05) is 13.2 Å². The molecule has 120 valence electrons. The number of aliphatic hydroxyl groups is 1. The predicted molar refractivity (Wildman–Crippen MR) is 88.4 cm³/mol. The molecular weight excluding hydrogens is 298 g/mol. The third-order valence-electron chi connectivity index (χ3n) is 3.02. The van der Waals surface area contributed by atoms with Gasteiger partial charge in [-0.15, -0.1) is 4.37 Å². The van der Waals surface area contributed by atoms with E-state index in [9.17, 15) is 5.11 Å². The van der Waals surface area contributed by atoms with E-state index in [1.807, 2.05) is 30.3 Å². The number of aromatic nitrogens is 2. The van der Waals surface area contributed by atoms with Gasteiger partial charge in [0.2, 0.25) is 5.88 Å². The molecule has 0 radical (unpaired) electrons. The van der Waals surface area contributed by atoms with Gasteiger partial charge in [0.05, 0.1) is 11.7 Å². The standard InChI is InChI=1S/C16H23N3O2S/c1-16(2,3)17-10-13(20)11-21-15-14(18-22-19-15)9-12-7-5-4-6-8-12/h4-8,13,17,20H,9-11H2,1-3H3. The largest absolute Gasteiger partial charge is 0.473 e. The summed E-state index contributed by atoms with van der Waals surface area (Å²) in [4.78, 5) is 0. The minimum atomic E-state index is -0.578. The van der Waals surface area contributed by atoms with Crippen LogP contribution in [0.25, 0.3) is 0 Å². The van der Waals surface area contributed by atoms with Gasteiger partial charge in [0, 0.05) is 18.5 Å². The molecule has 6 heteroatoms. The molecule has 2 N–H and O–H groups in total. The number of β-amino-alcohol motifs (C(OH)–C–C–N with tert-alkyl or cyclic N) is 1. The number of nitrogens with one attached hydrogen (secondary N) is 1. The minimum Gasteiger partial charge on any atom is -0.473 e. The average Bonchev–Trinajstić information content (AvgIpc) is 2.90. The van der Waals surface area contributed by atoms with Crippen LogP contribution in [0.3, 0.4) is 0 Å². The fourth-order valence-electron chi connectivity index (χ4n) is 1.86. The van der Waals surface area contributed by atoms with Gasteiger partial charge >= 0.3 is 0 Å². The van der Waals surface area contributed by atoms with Gasteiger partial charge < -0.3 is 15.2 Å². The van der Waals surface area contributed by atoms with Crippen molar-refractivity contribution < 1.29 is 9.84 Å². The molecule has 1 heterocycles. The summed E-state index contributed by atoms with van der Waals surface area (Å²) in [5.74, 6) is 0.517. The number of benzene rings is 1. The summed E-state index contributed by atoms with van der Waals surface area (Å²) in [6.07, 6.45) is 0.105. The van der Waals surface area contributed by atoms with Crippen LogP contribution in [0.15, 0.2) is 30.3 Å². The first-order valence-electron chi connectivity index (χ1n) is 7.35. The van der Waals surface area contributed by atoms with E-state index in [4.69, 9.17) is 4.74 Å². The van der Waals surface area contributed by atoms with Gasteiger partial charge in [-0.05, 0) is 26.3 Å². The minimum absolute atomic E-state index is 0.0262. The van der Waals surface area contributed by atoms with Gasteiger partial charge in [0.25, 0.3) is 0 Å². The molecule has 0 saturated heterocycles. The normalized spacial score (nSPS) is 13.1. The molecule has 2 aromatic rings. The maximum absolute atomic E-state index is 9.96. The van der Waals surface area contributed by atoms with E-state index in [-0.39, 0.29) is 12.1 Å². The average molecular weight is 321 g/mol. The maximum atomic E-state index is 9.96. The van der Waals surface area contributed by atoms with Crippen LogP contribution in [-0.4, -0.2) is 38.6 Å². The van der Waals surface area contributed by atoms with E-state index in [0.29, 0.717) is 18.8 Å². The first-order valence-corrected chi connectivity index (χ1v) is 8.08. The van der Waals surface area contributed by atoms with Gasteiger partial charge in [-0.1, -0.05) is 30.3 Å². The summed E-state index contributed by atoms with van der Waals surface area (Å²) in [6, 6.07) is 10.1. The molecule has 1 aromatic heterocycles. The fraction of sp³-hybridized carbons (Fsp3) is 0.500. The summed E-state index contributed by atoms with van der Waals surface area (Å²) >= 11 is 1.13. The van der Waals surface area contributed by atoms with Crippen LogP contribution < -0.4 is 10.1 Å². The van der Waals surface area contributed by atoms with Crippen LogP contribution in [0.2, 0.25) is 0 Å². The Kier molecular flexibility index (Phi) is 5.88. The summed E-state index contributed by atoms with van der Waals surface area (Å²) < 4.78 is 14.1. The van der Waals surface area contributed by atoms with Crippen molar-refractivity contribution in [1.29, 1.82) is 0 Å². The SMILES string of the molecule is CC(C)(C)NCC(O)COc1nsnc1Cc1ccccc1. The number of ether oxygens (including phenoxy) is 1. The van der Waals surface area contributed by atoms with Gasteiger partial charge in [-0.25, -0.2) is 0 Å². The quantitative estimate of drug-likeness (QED) is 0.819. The lowest BCUT2D eigenvalue weighted by molar-refractivity contribution is 0.0977. The second-order valence-corrected chi connectivity index (χ2v) is 6.80. The number of aliphatic hydroxyl groups excluding tert-OH is 1. The number of nitrogens with zero attached hydrogens (tertiary/aromatic N) is 2. The Hall–Kier alpha value is -1.50. The topological polar surface area (TPSA) is 67.3 Å². The summed E-state index contributed by atoms with van der Waals surface area (Å²) in [6.45, 7) is 6.86. The summed E-state index contributed by atoms with van der Waals surface area (Å²) in [5.41, 5.74) is 1.95. The second kappa shape index (κ2) is 7.67. The number of hydrogen-bond acceptors (Lipinski definition) is 6. The highest BCUT2D eigenvalue weighted by Crippen LogP contribution is 2.19.